The fourth-order valence-corrected chi connectivity index (χ4v) is 1.91. The minimum absolute atomic E-state index is 0.807. The van der Waals surface area contributed by atoms with Crippen LogP contribution >= 0.6 is 11.8 Å². The van der Waals surface area contributed by atoms with Gasteiger partial charge in [-0.05, 0) is 31.7 Å². The highest BCUT2D eigenvalue weighted by Crippen LogP contribution is 2.24. The Kier molecular flexibility index (Phi) is 6.28. The lowest BCUT2D eigenvalue weighted by Crippen LogP contribution is -2.06. The van der Waals surface area contributed by atoms with Gasteiger partial charge in [0.1, 0.15) is 0 Å². The molecule has 1 N–H and O–H groups in total. The molecule has 0 amide bonds. The Morgan fingerprint density at radius 1 is 1.33 bits per heavy atom. The summed E-state index contributed by atoms with van der Waals surface area (Å²) in [6, 6.07) is 8.38. The van der Waals surface area contributed by atoms with Gasteiger partial charge < -0.3 is 10.1 Å². The van der Waals surface area contributed by atoms with E-state index in [0.29, 0.717) is 0 Å². The molecule has 1 rings (SSSR count). The number of anilines is 1. The molecule has 15 heavy (non-hydrogen) atoms. The van der Waals surface area contributed by atoms with Crippen molar-refractivity contribution < 1.29 is 4.74 Å². The second-order valence-electron chi connectivity index (χ2n) is 3.18. The first-order valence-corrected chi connectivity index (χ1v) is 6.55. The van der Waals surface area contributed by atoms with E-state index in [0.717, 1.165) is 26.2 Å². The molecule has 1 aromatic carbocycles. The molecule has 0 fully saturated rings. The maximum Gasteiger partial charge on any atom is 0.0482 e. The molecule has 0 radical (unpaired) electrons. The maximum absolute atomic E-state index is 5.28. The molecule has 0 bridgehead atoms. The van der Waals surface area contributed by atoms with E-state index in [-0.39, 0.29) is 0 Å². The van der Waals surface area contributed by atoms with Gasteiger partial charge in [-0.15, -0.1) is 11.8 Å². The predicted octanol–water partition coefficient (Wildman–Crippen LogP) is 3.25. The van der Waals surface area contributed by atoms with Crippen molar-refractivity contribution in [1.29, 1.82) is 0 Å². The van der Waals surface area contributed by atoms with Crippen LogP contribution in [0.2, 0.25) is 0 Å². The summed E-state index contributed by atoms with van der Waals surface area (Å²) in [4.78, 5) is 1.30. The Balaban J connectivity index is 2.30. The average molecular weight is 225 g/mol. The Bertz CT molecular complexity index is 278. The van der Waals surface area contributed by atoms with Crippen molar-refractivity contribution in [3.63, 3.8) is 0 Å². The summed E-state index contributed by atoms with van der Waals surface area (Å²) in [6.07, 6.45) is 3.15. The van der Waals surface area contributed by atoms with Gasteiger partial charge >= 0.3 is 0 Å². The van der Waals surface area contributed by atoms with E-state index < -0.39 is 0 Å². The van der Waals surface area contributed by atoms with Gasteiger partial charge in [-0.1, -0.05) is 12.1 Å². The van der Waals surface area contributed by atoms with Crippen LogP contribution in [0, 0.1) is 0 Å². The molecule has 3 heteroatoms. The summed E-state index contributed by atoms with van der Waals surface area (Å²) in [6.45, 7) is 4.64. The van der Waals surface area contributed by atoms with Crippen molar-refractivity contribution in [2.45, 2.75) is 18.2 Å². The molecule has 0 spiro atoms. The summed E-state index contributed by atoms with van der Waals surface area (Å²) in [7, 11) is 0. The van der Waals surface area contributed by atoms with Crippen LogP contribution in [0.15, 0.2) is 29.2 Å². The normalized spacial score (nSPS) is 10.3. The average Bonchev–Trinajstić information content (AvgIpc) is 2.29. The van der Waals surface area contributed by atoms with Gasteiger partial charge in [-0.3, -0.25) is 0 Å². The largest absolute Gasteiger partial charge is 0.384 e. The first-order chi connectivity index (χ1) is 7.38. The number of benzene rings is 1. The molecule has 0 aliphatic carbocycles. The van der Waals surface area contributed by atoms with Crippen LogP contribution in [0.3, 0.4) is 0 Å². The third kappa shape index (κ3) is 4.58. The molecule has 0 aromatic heterocycles. The zero-order valence-corrected chi connectivity index (χ0v) is 10.3. The highest BCUT2D eigenvalue weighted by molar-refractivity contribution is 7.98. The Labute approximate surface area is 96.4 Å². The molecule has 2 nitrogen and oxygen atoms in total. The lowest BCUT2D eigenvalue weighted by atomic mass is 10.3. The predicted molar refractivity (Wildman–Crippen MR) is 67.8 cm³/mol. The second kappa shape index (κ2) is 7.60. The van der Waals surface area contributed by atoms with Gasteiger partial charge in [-0.25, -0.2) is 0 Å². The molecule has 0 saturated heterocycles. The summed E-state index contributed by atoms with van der Waals surface area (Å²) in [5.41, 5.74) is 1.22. The van der Waals surface area contributed by atoms with Crippen molar-refractivity contribution in [1.82, 2.24) is 0 Å². The standard InChI is InChI=1S/C12H19NOS/c1-3-14-10-6-9-13-11-7-4-5-8-12(11)15-2/h4-5,7-8,13H,3,6,9-10H2,1-2H3. The van der Waals surface area contributed by atoms with Gasteiger partial charge in [0.05, 0.1) is 0 Å². The molecule has 0 heterocycles. The zero-order valence-electron chi connectivity index (χ0n) is 9.45. The molecule has 0 saturated carbocycles. The van der Waals surface area contributed by atoms with Crippen molar-refractivity contribution in [2.24, 2.45) is 0 Å². The minimum Gasteiger partial charge on any atom is -0.384 e. The van der Waals surface area contributed by atoms with Crippen LogP contribution in [0.1, 0.15) is 13.3 Å². The first-order valence-electron chi connectivity index (χ1n) is 5.33. The number of ether oxygens (including phenoxy) is 1. The Hall–Kier alpha value is -0.670. The van der Waals surface area contributed by atoms with E-state index in [4.69, 9.17) is 4.74 Å². The topological polar surface area (TPSA) is 21.3 Å². The number of thioether (sulfide) groups is 1. The van der Waals surface area contributed by atoms with E-state index in [9.17, 15) is 0 Å². The molecular weight excluding hydrogens is 206 g/mol. The molecule has 0 aliphatic heterocycles. The number of para-hydroxylation sites is 1. The van der Waals surface area contributed by atoms with E-state index in [1.807, 2.05) is 6.92 Å². The van der Waals surface area contributed by atoms with Crippen molar-refractivity contribution in [3.8, 4) is 0 Å². The summed E-state index contributed by atoms with van der Waals surface area (Å²) in [5.74, 6) is 0. The van der Waals surface area contributed by atoms with Crippen LogP contribution < -0.4 is 5.32 Å². The van der Waals surface area contributed by atoms with Crippen molar-refractivity contribution >= 4 is 17.4 Å². The quantitative estimate of drug-likeness (QED) is 0.568. The molecule has 1 aromatic rings. The van der Waals surface area contributed by atoms with E-state index in [1.165, 1.54) is 10.6 Å². The van der Waals surface area contributed by atoms with Crippen LogP contribution in [-0.4, -0.2) is 26.0 Å². The minimum atomic E-state index is 0.807. The third-order valence-corrected chi connectivity index (χ3v) is 2.89. The fraction of sp³-hybridized carbons (Fsp3) is 0.500. The summed E-state index contributed by atoms with van der Waals surface area (Å²) in [5, 5.41) is 3.42. The summed E-state index contributed by atoms with van der Waals surface area (Å²) < 4.78 is 5.28. The second-order valence-corrected chi connectivity index (χ2v) is 4.03. The monoisotopic (exact) mass is 225 g/mol. The SMILES string of the molecule is CCOCCCNc1ccccc1SC. The number of rotatable bonds is 7. The van der Waals surface area contributed by atoms with Gasteiger partial charge in [0.2, 0.25) is 0 Å². The zero-order chi connectivity index (χ0) is 10.9. The third-order valence-electron chi connectivity index (χ3n) is 2.09. The fourth-order valence-electron chi connectivity index (χ4n) is 1.33. The Morgan fingerprint density at radius 3 is 2.87 bits per heavy atom. The maximum atomic E-state index is 5.28. The molecule has 0 aliphatic rings. The highest BCUT2D eigenvalue weighted by Gasteiger charge is 1.98. The van der Waals surface area contributed by atoms with Crippen LogP contribution in [0.25, 0.3) is 0 Å². The molecule has 0 unspecified atom stereocenters. The van der Waals surface area contributed by atoms with Crippen molar-refractivity contribution in [3.05, 3.63) is 24.3 Å². The van der Waals surface area contributed by atoms with Crippen molar-refractivity contribution in [2.75, 3.05) is 31.3 Å². The Morgan fingerprint density at radius 2 is 2.13 bits per heavy atom. The number of hydrogen-bond donors (Lipinski definition) is 1. The van der Waals surface area contributed by atoms with E-state index in [2.05, 4.69) is 35.8 Å². The van der Waals surface area contributed by atoms with Gasteiger partial charge in [0, 0.05) is 30.3 Å². The number of hydrogen-bond acceptors (Lipinski definition) is 3. The molecule has 0 atom stereocenters. The highest BCUT2D eigenvalue weighted by atomic mass is 32.2. The van der Waals surface area contributed by atoms with Crippen LogP contribution in [-0.2, 0) is 4.74 Å². The van der Waals surface area contributed by atoms with Crippen LogP contribution in [0.4, 0.5) is 5.69 Å². The summed E-state index contributed by atoms with van der Waals surface area (Å²) >= 11 is 1.77. The van der Waals surface area contributed by atoms with Gasteiger partial charge in [0.15, 0.2) is 0 Å². The van der Waals surface area contributed by atoms with Crippen LogP contribution in [0.5, 0.6) is 0 Å². The van der Waals surface area contributed by atoms with Gasteiger partial charge in [-0.2, -0.15) is 0 Å². The number of nitrogens with one attached hydrogen (secondary N) is 1. The lowest BCUT2D eigenvalue weighted by molar-refractivity contribution is 0.147. The van der Waals surface area contributed by atoms with E-state index >= 15 is 0 Å². The van der Waals surface area contributed by atoms with Gasteiger partial charge in [0.25, 0.3) is 0 Å². The lowest BCUT2D eigenvalue weighted by Gasteiger charge is -2.09. The van der Waals surface area contributed by atoms with E-state index in [1.54, 1.807) is 11.8 Å². The first kappa shape index (κ1) is 12.4. The molecular formula is C12H19NOS. The molecule has 84 valence electrons. The smallest absolute Gasteiger partial charge is 0.0482 e.